The molecule has 0 saturated heterocycles. The number of para-hydroxylation sites is 1. The van der Waals surface area contributed by atoms with Gasteiger partial charge in [0.15, 0.2) is 0 Å². The maximum absolute atomic E-state index is 12.2. The summed E-state index contributed by atoms with van der Waals surface area (Å²) in [5.41, 5.74) is 3.06. The Labute approximate surface area is 167 Å². The summed E-state index contributed by atoms with van der Waals surface area (Å²) in [6.07, 6.45) is 1.66. The standard InChI is InChI=1S/C22H22N4O3/c27-13-12-23-10-11-24-22(28)15-5-7-16(8-6-15)25-21-18-9-14-29-20(18)17-3-1-2-4-19(17)26-21/h1-9,14,23,27H,10-13H2,(H,24,28)(H,25,26). The van der Waals surface area contributed by atoms with Crippen molar-refractivity contribution in [3.05, 3.63) is 66.4 Å². The molecule has 7 heteroatoms. The molecular formula is C22H22N4O3. The van der Waals surface area contributed by atoms with Crippen LogP contribution in [0, 0.1) is 0 Å². The molecule has 0 unspecified atom stereocenters. The van der Waals surface area contributed by atoms with E-state index < -0.39 is 0 Å². The predicted molar refractivity (Wildman–Crippen MR) is 114 cm³/mol. The number of nitrogens with zero attached hydrogens (tertiary/aromatic N) is 1. The Morgan fingerprint density at radius 3 is 2.62 bits per heavy atom. The molecule has 4 N–H and O–H groups in total. The average Bonchev–Trinajstić information content (AvgIpc) is 3.25. The minimum Gasteiger partial charge on any atom is -0.463 e. The number of hydrogen-bond acceptors (Lipinski definition) is 6. The smallest absolute Gasteiger partial charge is 0.251 e. The summed E-state index contributed by atoms with van der Waals surface area (Å²) in [5.74, 6) is 0.572. The van der Waals surface area contributed by atoms with Crippen molar-refractivity contribution < 1.29 is 14.3 Å². The van der Waals surface area contributed by atoms with Gasteiger partial charge in [-0.2, -0.15) is 0 Å². The molecule has 2 aromatic carbocycles. The number of aromatic nitrogens is 1. The molecule has 0 aliphatic carbocycles. The number of pyridine rings is 1. The maximum atomic E-state index is 12.2. The molecule has 0 saturated carbocycles. The number of aliphatic hydroxyl groups excluding tert-OH is 1. The van der Waals surface area contributed by atoms with Crippen molar-refractivity contribution in [3.8, 4) is 0 Å². The molecule has 4 rings (SSSR count). The lowest BCUT2D eigenvalue weighted by atomic mass is 10.1. The molecule has 0 aliphatic rings. The number of carbonyl (C=O) groups excluding carboxylic acids is 1. The van der Waals surface area contributed by atoms with E-state index in [1.165, 1.54) is 0 Å². The van der Waals surface area contributed by atoms with Crippen molar-refractivity contribution in [3.63, 3.8) is 0 Å². The zero-order chi connectivity index (χ0) is 20.1. The van der Waals surface area contributed by atoms with E-state index in [9.17, 15) is 4.79 Å². The Morgan fingerprint density at radius 2 is 1.79 bits per heavy atom. The van der Waals surface area contributed by atoms with Gasteiger partial charge >= 0.3 is 0 Å². The zero-order valence-electron chi connectivity index (χ0n) is 15.8. The highest BCUT2D eigenvalue weighted by atomic mass is 16.3. The Hall–Kier alpha value is -3.42. The van der Waals surface area contributed by atoms with Crippen molar-refractivity contribution in [1.29, 1.82) is 0 Å². The van der Waals surface area contributed by atoms with Crippen LogP contribution >= 0.6 is 0 Å². The first-order valence-corrected chi connectivity index (χ1v) is 9.49. The van der Waals surface area contributed by atoms with Gasteiger partial charge in [-0.05, 0) is 42.5 Å². The molecule has 2 heterocycles. The Morgan fingerprint density at radius 1 is 0.966 bits per heavy atom. The normalized spacial score (nSPS) is 11.1. The molecule has 0 bridgehead atoms. The van der Waals surface area contributed by atoms with Gasteiger partial charge in [-0.3, -0.25) is 4.79 Å². The molecule has 2 aromatic heterocycles. The predicted octanol–water partition coefficient (Wildman–Crippen LogP) is 3.04. The van der Waals surface area contributed by atoms with Crippen molar-refractivity contribution in [2.75, 3.05) is 31.6 Å². The second-order valence-electron chi connectivity index (χ2n) is 6.57. The molecule has 0 fully saturated rings. The van der Waals surface area contributed by atoms with E-state index in [4.69, 9.17) is 14.5 Å². The van der Waals surface area contributed by atoms with Crippen molar-refractivity contribution >= 4 is 39.3 Å². The second kappa shape index (κ2) is 8.72. The van der Waals surface area contributed by atoms with Crippen LogP contribution in [0.1, 0.15) is 10.4 Å². The first kappa shape index (κ1) is 18.9. The fourth-order valence-electron chi connectivity index (χ4n) is 3.16. The summed E-state index contributed by atoms with van der Waals surface area (Å²) in [7, 11) is 0. The molecule has 4 aromatic rings. The van der Waals surface area contributed by atoms with Gasteiger partial charge in [0.2, 0.25) is 0 Å². The lowest BCUT2D eigenvalue weighted by molar-refractivity contribution is 0.0954. The Balaban J connectivity index is 1.47. The lowest BCUT2D eigenvalue weighted by Gasteiger charge is -2.10. The van der Waals surface area contributed by atoms with E-state index in [-0.39, 0.29) is 12.5 Å². The monoisotopic (exact) mass is 390 g/mol. The third-order valence-electron chi connectivity index (χ3n) is 4.59. The molecule has 1 amide bonds. The molecule has 0 aliphatic heterocycles. The number of aliphatic hydroxyl groups is 1. The van der Waals surface area contributed by atoms with Gasteiger partial charge in [-0.15, -0.1) is 0 Å². The number of amides is 1. The van der Waals surface area contributed by atoms with E-state index in [0.717, 1.165) is 27.6 Å². The summed E-state index contributed by atoms with van der Waals surface area (Å²) in [4.78, 5) is 16.9. The number of furan rings is 1. The van der Waals surface area contributed by atoms with E-state index in [1.54, 1.807) is 18.4 Å². The number of hydrogen-bond donors (Lipinski definition) is 4. The summed E-state index contributed by atoms with van der Waals surface area (Å²) >= 11 is 0. The maximum Gasteiger partial charge on any atom is 0.251 e. The Kier molecular flexibility index (Phi) is 5.69. The summed E-state index contributed by atoms with van der Waals surface area (Å²) < 4.78 is 5.67. The number of benzene rings is 2. The molecule has 0 spiro atoms. The second-order valence-corrected chi connectivity index (χ2v) is 6.57. The van der Waals surface area contributed by atoms with Crippen LogP contribution < -0.4 is 16.0 Å². The fourth-order valence-corrected chi connectivity index (χ4v) is 3.16. The van der Waals surface area contributed by atoms with E-state index in [1.807, 2.05) is 42.5 Å². The number of nitrogens with one attached hydrogen (secondary N) is 3. The van der Waals surface area contributed by atoms with Crippen LogP contribution in [0.3, 0.4) is 0 Å². The molecule has 0 radical (unpaired) electrons. The lowest BCUT2D eigenvalue weighted by Crippen LogP contribution is -2.32. The molecule has 7 nitrogen and oxygen atoms in total. The van der Waals surface area contributed by atoms with E-state index >= 15 is 0 Å². The zero-order valence-corrected chi connectivity index (χ0v) is 15.8. The highest BCUT2D eigenvalue weighted by Gasteiger charge is 2.11. The first-order valence-electron chi connectivity index (χ1n) is 9.49. The van der Waals surface area contributed by atoms with Crippen LogP contribution in [-0.2, 0) is 0 Å². The third-order valence-corrected chi connectivity index (χ3v) is 4.59. The summed E-state index contributed by atoms with van der Waals surface area (Å²) in [6, 6.07) is 17.0. The van der Waals surface area contributed by atoms with E-state index in [2.05, 4.69) is 16.0 Å². The van der Waals surface area contributed by atoms with E-state index in [0.29, 0.717) is 31.0 Å². The van der Waals surface area contributed by atoms with Gasteiger partial charge in [-0.1, -0.05) is 12.1 Å². The third kappa shape index (κ3) is 4.21. The molecule has 0 atom stereocenters. The minimum atomic E-state index is -0.136. The number of fused-ring (bicyclic) bond motifs is 3. The van der Waals surface area contributed by atoms with Gasteiger partial charge in [0.1, 0.15) is 11.4 Å². The molecule has 148 valence electrons. The largest absolute Gasteiger partial charge is 0.463 e. The molecule has 29 heavy (non-hydrogen) atoms. The molecular weight excluding hydrogens is 368 g/mol. The van der Waals surface area contributed by atoms with Crippen molar-refractivity contribution in [1.82, 2.24) is 15.6 Å². The van der Waals surface area contributed by atoms with Gasteiger partial charge in [0.25, 0.3) is 5.91 Å². The quantitative estimate of drug-likeness (QED) is 0.345. The van der Waals surface area contributed by atoms with Crippen LogP contribution in [-0.4, -0.2) is 42.2 Å². The number of rotatable bonds is 8. The SMILES string of the molecule is O=C(NCCNCCO)c1ccc(Nc2nc3ccccc3c3occc23)cc1. The van der Waals surface area contributed by atoms with Gasteiger partial charge in [0.05, 0.1) is 23.8 Å². The van der Waals surface area contributed by atoms with Crippen molar-refractivity contribution in [2.24, 2.45) is 0 Å². The Bertz CT molecular complexity index is 1120. The highest BCUT2D eigenvalue weighted by Crippen LogP contribution is 2.31. The van der Waals surface area contributed by atoms with Crippen LogP contribution in [0.15, 0.2) is 65.3 Å². The summed E-state index contributed by atoms with van der Waals surface area (Å²) in [6.45, 7) is 1.71. The van der Waals surface area contributed by atoms with Crippen LogP contribution in [0.5, 0.6) is 0 Å². The number of anilines is 2. The minimum absolute atomic E-state index is 0.0829. The van der Waals surface area contributed by atoms with Crippen LogP contribution in [0.4, 0.5) is 11.5 Å². The topological polar surface area (TPSA) is 99.4 Å². The summed E-state index contributed by atoms with van der Waals surface area (Å²) in [5, 5.41) is 19.8. The van der Waals surface area contributed by atoms with Gasteiger partial charge < -0.3 is 25.5 Å². The highest BCUT2D eigenvalue weighted by molar-refractivity contribution is 6.07. The number of carbonyl (C=O) groups is 1. The fraction of sp³-hybridized carbons (Fsp3) is 0.182. The van der Waals surface area contributed by atoms with Crippen LogP contribution in [0.25, 0.3) is 21.9 Å². The van der Waals surface area contributed by atoms with Crippen molar-refractivity contribution in [2.45, 2.75) is 0 Å². The van der Waals surface area contributed by atoms with Crippen LogP contribution in [0.2, 0.25) is 0 Å². The first-order chi connectivity index (χ1) is 14.3. The van der Waals surface area contributed by atoms with Gasteiger partial charge in [0, 0.05) is 36.3 Å². The van der Waals surface area contributed by atoms with Gasteiger partial charge in [-0.25, -0.2) is 4.98 Å². The average molecular weight is 390 g/mol.